The lowest BCUT2D eigenvalue weighted by molar-refractivity contribution is 0.268. The number of ether oxygens (including phenoxy) is 1. The molecule has 0 N–H and O–H groups in total. The van der Waals surface area contributed by atoms with Gasteiger partial charge in [-0.15, -0.1) is 0 Å². The van der Waals surface area contributed by atoms with Gasteiger partial charge in [0.15, 0.2) is 4.67 Å². The zero-order valence-electron chi connectivity index (χ0n) is 7.74. The van der Waals surface area contributed by atoms with Crippen LogP contribution < -0.4 is 4.74 Å². The molecule has 15 heavy (non-hydrogen) atoms. The third-order valence-electron chi connectivity index (χ3n) is 1.82. The molecule has 1 heterocycles. The molecule has 2 aromatic rings. The third kappa shape index (κ3) is 3.01. The summed E-state index contributed by atoms with van der Waals surface area (Å²) in [6, 6.07) is 10.9. The summed E-state index contributed by atoms with van der Waals surface area (Å²) >= 11 is 8.98. The van der Waals surface area contributed by atoms with E-state index in [2.05, 4.69) is 15.9 Å². The molecule has 0 aliphatic rings. The van der Waals surface area contributed by atoms with Crippen LogP contribution in [0.2, 0.25) is 5.02 Å². The molecule has 0 saturated carbocycles. The molecule has 1 aromatic carbocycles. The minimum Gasteiger partial charge on any atom is -0.486 e. The lowest BCUT2D eigenvalue weighted by Gasteiger charge is -2.03. The van der Waals surface area contributed by atoms with Crippen LogP contribution in [0.1, 0.15) is 5.76 Å². The number of benzene rings is 1. The van der Waals surface area contributed by atoms with Crippen LogP contribution in [0.5, 0.6) is 5.75 Å². The summed E-state index contributed by atoms with van der Waals surface area (Å²) in [6.45, 7) is 0.410. The molecule has 0 aliphatic heterocycles. The summed E-state index contributed by atoms with van der Waals surface area (Å²) in [7, 11) is 0. The molecule has 0 radical (unpaired) electrons. The Hall–Kier alpha value is -0.930. The summed E-state index contributed by atoms with van der Waals surface area (Å²) in [5.74, 6) is 1.55. The van der Waals surface area contributed by atoms with Gasteiger partial charge in [-0.05, 0) is 52.3 Å². The van der Waals surface area contributed by atoms with Crippen LogP contribution in [-0.2, 0) is 6.61 Å². The molecule has 0 spiro atoms. The van der Waals surface area contributed by atoms with Crippen molar-refractivity contribution in [3.05, 3.63) is 51.9 Å². The average Bonchev–Trinajstić information content (AvgIpc) is 2.64. The van der Waals surface area contributed by atoms with Crippen LogP contribution in [0.4, 0.5) is 0 Å². The van der Waals surface area contributed by atoms with Gasteiger partial charge in [0.25, 0.3) is 0 Å². The van der Waals surface area contributed by atoms with Gasteiger partial charge in [-0.3, -0.25) is 0 Å². The fraction of sp³-hybridized carbons (Fsp3) is 0.0909. The molecule has 0 aliphatic carbocycles. The van der Waals surface area contributed by atoms with Gasteiger partial charge in [-0.1, -0.05) is 11.6 Å². The van der Waals surface area contributed by atoms with E-state index in [-0.39, 0.29) is 0 Å². The van der Waals surface area contributed by atoms with Crippen LogP contribution in [0.25, 0.3) is 0 Å². The van der Waals surface area contributed by atoms with Gasteiger partial charge in [0, 0.05) is 5.02 Å². The third-order valence-corrected chi connectivity index (χ3v) is 2.50. The second-order valence-corrected chi connectivity index (χ2v) is 4.17. The quantitative estimate of drug-likeness (QED) is 0.841. The summed E-state index contributed by atoms with van der Waals surface area (Å²) in [6.07, 6.45) is 0. The molecular weight excluding hydrogens is 279 g/mol. The molecule has 0 amide bonds. The highest BCUT2D eigenvalue weighted by atomic mass is 79.9. The van der Waals surface area contributed by atoms with E-state index < -0.39 is 0 Å². The van der Waals surface area contributed by atoms with Gasteiger partial charge >= 0.3 is 0 Å². The number of hydrogen-bond donors (Lipinski definition) is 0. The lowest BCUT2D eigenvalue weighted by Crippen LogP contribution is -1.92. The van der Waals surface area contributed by atoms with Crippen LogP contribution in [0, 0.1) is 0 Å². The predicted octanol–water partition coefficient (Wildman–Crippen LogP) is 4.27. The van der Waals surface area contributed by atoms with Crippen LogP contribution in [0.3, 0.4) is 0 Å². The fourth-order valence-electron chi connectivity index (χ4n) is 1.11. The summed E-state index contributed by atoms with van der Waals surface area (Å²) < 4.78 is 11.5. The van der Waals surface area contributed by atoms with Gasteiger partial charge < -0.3 is 9.15 Å². The van der Waals surface area contributed by atoms with Gasteiger partial charge in [-0.2, -0.15) is 0 Å². The number of furan rings is 1. The molecule has 0 unspecified atom stereocenters. The zero-order valence-corrected chi connectivity index (χ0v) is 10.1. The van der Waals surface area contributed by atoms with Crippen LogP contribution >= 0.6 is 27.5 Å². The Morgan fingerprint density at radius 2 is 1.87 bits per heavy atom. The molecule has 0 saturated heterocycles. The summed E-state index contributed by atoms with van der Waals surface area (Å²) in [4.78, 5) is 0. The Balaban J connectivity index is 1.96. The topological polar surface area (TPSA) is 22.4 Å². The smallest absolute Gasteiger partial charge is 0.169 e. The van der Waals surface area contributed by atoms with Crippen molar-refractivity contribution in [2.24, 2.45) is 0 Å². The highest BCUT2D eigenvalue weighted by Crippen LogP contribution is 2.19. The molecule has 2 rings (SSSR count). The van der Waals surface area contributed by atoms with Gasteiger partial charge in [0.05, 0.1) is 0 Å². The molecule has 78 valence electrons. The molecule has 2 nitrogen and oxygen atoms in total. The average molecular weight is 288 g/mol. The standard InChI is InChI=1S/C11H8BrClO2/c12-11-6-5-10(15-11)7-14-9-3-1-8(13)2-4-9/h1-6H,7H2. The highest BCUT2D eigenvalue weighted by Gasteiger charge is 2.00. The van der Waals surface area contributed by atoms with Crippen molar-refractivity contribution in [1.82, 2.24) is 0 Å². The Kier molecular flexibility index (Phi) is 3.34. The van der Waals surface area contributed by atoms with Crippen LogP contribution in [0.15, 0.2) is 45.5 Å². The van der Waals surface area contributed by atoms with E-state index in [1.807, 2.05) is 24.3 Å². The second-order valence-electron chi connectivity index (χ2n) is 2.95. The first-order valence-electron chi connectivity index (χ1n) is 4.36. The number of halogens is 2. The van der Waals surface area contributed by atoms with Crippen LogP contribution in [-0.4, -0.2) is 0 Å². The first-order valence-corrected chi connectivity index (χ1v) is 5.54. The number of hydrogen-bond acceptors (Lipinski definition) is 2. The predicted molar refractivity (Wildman–Crippen MR) is 62.2 cm³/mol. The van der Waals surface area contributed by atoms with Crippen molar-refractivity contribution in [2.45, 2.75) is 6.61 Å². The first-order chi connectivity index (χ1) is 7.24. The number of rotatable bonds is 3. The van der Waals surface area contributed by atoms with Crippen molar-refractivity contribution >= 4 is 27.5 Å². The lowest BCUT2D eigenvalue weighted by atomic mass is 10.3. The van der Waals surface area contributed by atoms with Crippen molar-refractivity contribution in [1.29, 1.82) is 0 Å². The molecule has 0 atom stereocenters. The van der Waals surface area contributed by atoms with E-state index in [0.29, 0.717) is 16.3 Å². The van der Waals surface area contributed by atoms with Crippen molar-refractivity contribution in [3.8, 4) is 5.75 Å². The minimum absolute atomic E-state index is 0.410. The maximum absolute atomic E-state index is 5.75. The molecule has 4 heteroatoms. The molecule has 0 fully saturated rings. The van der Waals surface area contributed by atoms with Gasteiger partial charge in [0.2, 0.25) is 0 Å². The van der Waals surface area contributed by atoms with E-state index >= 15 is 0 Å². The Labute approximate surface area is 101 Å². The summed E-state index contributed by atoms with van der Waals surface area (Å²) in [5.41, 5.74) is 0. The zero-order chi connectivity index (χ0) is 10.7. The van der Waals surface area contributed by atoms with Crippen molar-refractivity contribution in [3.63, 3.8) is 0 Å². The first kappa shape index (κ1) is 10.6. The van der Waals surface area contributed by atoms with Gasteiger partial charge in [0.1, 0.15) is 18.1 Å². The van der Waals surface area contributed by atoms with E-state index in [9.17, 15) is 0 Å². The van der Waals surface area contributed by atoms with Crippen molar-refractivity contribution in [2.75, 3.05) is 0 Å². The Bertz CT molecular complexity index is 436. The normalized spacial score (nSPS) is 10.3. The fourth-order valence-corrected chi connectivity index (χ4v) is 1.58. The SMILES string of the molecule is Clc1ccc(OCc2ccc(Br)o2)cc1. The maximum Gasteiger partial charge on any atom is 0.169 e. The molecule has 0 bridgehead atoms. The van der Waals surface area contributed by atoms with Gasteiger partial charge in [-0.25, -0.2) is 0 Å². The molecular formula is C11H8BrClO2. The Morgan fingerprint density at radius 3 is 2.47 bits per heavy atom. The largest absolute Gasteiger partial charge is 0.486 e. The summed E-state index contributed by atoms with van der Waals surface area (Å²) in [5, 5.41) is 0.697. The van der Waals surface area contributed by atoms with E-state index in [4.69, 9.17) is 20.8 Å². The highest BCUT2D eigenvalue weighted by molar-refractivity contribution is 9.10. The second kappa shape index (κ2) is 4.73. The molecule has 1 aromatic heterocycles. The monoisotopic (exact) mass is 286 g/mol. The van der Waals surface area contributed by atoms with E-state index in [0.717, 1.165) is 11.5 Å². The van der Waals surface area contributed by atoms with E-state index in [1.165, 1.54) is 0 Å². The van der Waals surface area contributed by atoms with Crippen molar-refractivity contribution < 1.29 is 9.15 Å². The Morgan fingerprint density at radius 1 is 1.13 bits per heavy atom. The minimum atomic E-state index is 0.410. The van der Waals surface area contributed by atoms with E-state index in [1.54, 1.807) is 12.1 Å². The maximum atomic E-state index is 5.75.